The van der Waals surface area contributed by atoms with Crippen molar-refractivity contribution in [1.29, 1.82) is 0 Å². The van der Waals surface area contributed by atoms with Gasteiger partial charge in [-0.3, -0.25) is 9.59 Å². The fourth-order valence-electron chi connectivity index (χ4n) is 1.32. The van der Waals surface area contributed by atoms with E-state index in [4.69, 9.17) is 5.11 Å². The number of carbonyl (C=O) groups is 2. The van der Waals surface area contributed by atoms with Crippen LogP contribution in [0.2, 0.25) is 0 Å². The molecule has 16 heavy (non-hydrogen) atoms. The van der Waals surface area contributed by atoms with Gasteiger partial charge in [0, 0.05) is 24.8 Å². The van der Waals surface area contributed by atoms with Gasteiger partial charge in [0.05, 0.1) is 5.92 Å². The second kappa shape index (κ2) is 6.78. The van der Waals surface area contributed by atoms with Crippen molar-refractivity contribution in [2.75, 3.05) is 19.1 Å². The Hall–Kier alpha value is -0.710. The molecule has 0 spiro atoms. The first-order valence-corrected chi connectivity index (χ1v) is 6.70. The second-order valence-corrected chi connectivity index (χ2v) is 5.08. The maximum Gasteiger partial charge on any atom is 0.307 e. The zero-order valence-electron chi connectivity index (χ0n) is 10.6. The lowest BCUT2D eigenvalue weighted by Crippen LogP contribution is -2.42. The second-order valence-electron chi connectivity index (χ2n) is 4.17. The number of carboxylic acids is 1. The third-order valence-electron chi connectivity index (χ3n) is 2.95. The summed E-state index contributed by atoms with van der Waals surface area (Å²) < 4.78 is 0. The molecule has 94 valence electrons. The van der Waals surface area contributed by atoms with Crippen molar-refractivity contribution >= 4 is 23.6 Å². The SMILES string of the molecule is CSCC(C)N(C)C(=O)C(C)C(C)C(=O)O. The maximum absolute atomic E-state index is 12.0. The molecular weight excluding hydrogens is 226 g/mol. The Morgan fingerprint density at radius 2 is 1.75 bits per heavy atom. The summed E-state index contributed by atoms with van der Waals surface area (Å²) in [6, 6.07) is 0.131. The van der Waals surface area contributed by atoms with Gasteiger partial charge >= 0.3 is 5.97 Å². The van der Waals surface area contributed by atoms with E-state index < -0.39 is 17.8 Å². The first kappa shape index (κ1) is 15.3. The number of carbonyl (C=O) groups excluding carboxylic acids is 1. The van der Waals surface area contributed by atoms with Crippen molar-refractivity contribution in [3.63, 3.8) is 0 Å². The van der Waals surface area contributed by atoms with E-state index in [1.807, 2.05) is 13.2 Å². The standard InChI is InChI=1S/C11H21NO3S/c1-7(6-16-5)12(4)10(13)8(2)9(3)11(14)15/h7-9H,6H2,1-5H3,(H,14,15). The van der Waals surface area contributed by atoms with E-state index in [9.17, 15) is 9.59 Å². The summed E-state index contributed by atoms with van der Waals surface area (Å²) in [5.74, 6) is -1.29. The predicted molar refractivity (Wildman–Crippen MR) is 66.6 cm³/mol. The highest BCUT2D eigenvalue weighted by atomic mass is 32.2. The van der Waals surface area contributed by atoms with Crippen LogP contribution in [-0.2, 0) is 9.59 Å². The van der Waals surface area contributed by atoms with Crippen molar-refractivity contribution < 1.29 is 14.7 Å². The molecule has 0 saturated carbocycles. The fraction of sp³-hybridized carbons (Fsp3) is 0.818. The molecule has 0 bridgehead atoms. The number of nitrogens with zero attached hydrogens (tertiary/aromatic N) is 1. The number of hydrogen-bond acceptors (Lipinski definition) is 3. The average molecular weight is 247 g/mol. The Morgan fingerprint density at radius 3 is 2.12 bits per heavy atom. The van der Waals surface area contributed by atoms with Crippen LogP contribution in [0.25, 0.3) is 0 Å². The average Bonchev–Trinajstić information content (AvgIpc) is 2.25. The van der Waals surface area contributed by atoms with Crippen LogP contribution in [0.4, 0.5) is 0 Å². The molecule has 0 radical (unpaired) electrons. The van der Waals surface area contributed by atoms with Gasteiger partial charge in [-0.25, -0.2) is 0 Å². The molecule has 0 saturated heterocycles. The Kier molecular flexibility index (Phi) is 6.48. The highest BCUT2D eigenvalue weighted by Gasteiger charge is 2.29. The zero-order valence-corrected chi connectivity index (χ0v) is 11.4. The highest BCUT2D eigenvalue weighted by Crippen LogP contribution is 2.16. The summed E-state index contributed by atoms with van der Waals surface area (Å²) in [6.07, 6.45) is 1.98. The van der Waals surface area contributed by atoms with Gasteiger partial charge in [0.25, 0.3) is 0 Å². The van der Waals surface area contributed by atoms with E-state index in [0.717, 1.165) is 5.75 Å². The normalized spacial score (nSPS) is 16.3. The Balaban J connectivity index is 4.48. The monoisotopic (exact) mass is 247 g/mol. The van der Waals surface area contributed by atoms with Gasteiger partial charge in [-0.2, -0.15) is 11.8 Å². The minimum absolute atomic E-state index is 0.101. The predicted octanol–water partition coefficient (Wildman–Crippen LogP) is 1.55. The lowest BCUT2D eigenvalue weighted by Gasteiger charge is -2.28. The van der Waals surface area contributed by atoms with Gasteiger partial charge in [-0.1, -0.05) is 13.8 Å². The molecule has 0 aromatic rings. The van der Waals surface area contributed by atoms with Crippen LogP contribution in [0.5, 0.6) is 0 Å². The minimum atomic E-state index is -0.924. The van der Waals surface area contributed by atoms with Crippen molar-refractivity contribution in [2.45, 2.75) is 26.8 Å². The van der Waals surface area contributed by atoms with Gasteiger partial charge in [0.2, 0.25) is 5.91 Å². The van der Waals surface area contributed by atoms with E-state index in [1.54, 1.807) is 37.6 Å². The van der Waals surface area contributed by atoms with E-state index in [2.05, 4.69) is 0 Å². The number of aliphatic carboxylic acids is 1. The number of amides is 1. The quantitative estimate of drug-likeness (QED) is 0.773. The summed E-state index contributed by atoms with van der Waals surface area (Å²) in [4.78, 5) is 24.4. The van der Waals surface area contributed by atoms with E-state index in [0.29, 0.717) is 0 Å². The molecule has 0 heterocycles. The molecule has 0 aliphatic carbocycles. The topological polar surface area (TPSA) is 57.6 Å². The Bertz CT molecular complexity index is 258. The third-order valence-corrected chi connectivity index (χ3v) is 3.76. The van der Waals surface area contributed by atoms with Crippen LogP contribution in [0.3, 0.4) is 0 Å². The molecule has 1 N–H and O–H groups in total. The largest absolute Gasteiger partial charge is 0.481 e. The highest BCUT2D eigenvalue weighted by molar-refractivity contribution is 7.98. The number of thioether (sulfide) groups is 1. The molecule has 0 aliphatic rings. The van der Waals surface area contributed by atoms with Crippen molar-refractivity contribution in [2.24, 2.45) is 11.8 Å². The molecule has 0 aromatic carbocycles. The summed E-state index contributed by atoms with van der Waals surface area (Å²) >= 11 is 1.67. The van der Waals surface area contributed by atoms with Crippen LogP contribution < -0.4 is 0 Å². The van der Waals surface area contributed by atoms with Gasteiger partial charge in [-0.15, -0.1) is 0 Å². The zero-order chi connectivity index (χ0) is 12.9. The molecular formula is C11H21NO3S. The van der Waals surface area contributed by atoms with E-state index in [1.165, 1.54) is 0 Å². The third kappa shape index (κ3) is 4.04. The van der Waals surface area contributed by atoms with Crippen molar-refractivity contribution in [3.05, 3.63) is 0 Å². The molecule has 0 aliphatic heterocycles. The lowest BCUT2D eigenvalue weighted by molar-refractivity contribution is -0.149. The molecule has 3 atom stereocenters. The molecule has 5 heteroatoms. The van der Waals surface area contributed by atoms with E-state index >= 15 is 0 Å². The molecule has 0 rings (SSSR count). The van der Waals surface area contributed by atoms with E-state index in [-0.39, 0.29) is 11.9 Å². The van der Waals surface area contributed by atoms with Gasteiger partial charge in [-0.05, 0) is 13.2 Å². The summed E-state index contributed by atoms with van der Waals surface area (Å²) in [5.41, 5.74) is 0. The molecule has 0 aromatic heterocycles. The molecule has 1 amide bonds. The smallest absolute Gasteiger partial charge is 0.307 e. The van der Waals surface area contributed by atoms with Crippen molar-refractivity contribution in [1.82, 2.24) is 4.90 Å². The molecule has 0 fully saturated rings. The van der Waals surface area contributed by atoms with Crippen LogP contribution in [0.1, 0.15) is 20.8 Å². The molecule has 4 nitrogen and oxygen atoms in total. The van der Waals surface area contributed by atoms with Crippen LogP contribution in [0, 0.1) is 11.8 Å². The summed E-state index contributed by atoms with van der Waals surface area (Å²) in [6.45, 7) is 5.20. The Morgan fingerprint density at radius 1 is 1.25 bits per heavy atom. The van der Waals surface area contributed by atoms with Crippen LogP contribution in [-0.4, -0.2) is 47.0 Å². The maximum atomic E-state index is 12.0. The van der Waals surface area contributed by atoms with Crippen molar-refractivity contribution in [3.8, 4) is 0 Å². The number of hydrogen-bond donors (Lipinski definition) is 1. The van der Waals surface area contributed by atoms with Crippen LogP contribution >= 0.6 is 11.8 Å². The van der Waals surface area contributed by atoms with Gasteiger partial charge < -0.3 is 10.0 Å². The number of rotatable bonds is 6. The van der Waals surface area contributed by atoms with Gasteiger partial charge in [0.15, 0.2) is 0 Å². The molecule has 3 unspecified atom stereocenters. The fourth-order valence-corrected chi connectivity index (χ4v) is 2.03. The number of carboxylic acid groups (broad SMARTS) is 1. The minimum Gasteiger partial charge on any atom is -0.481 e. The lowest BCUT2D eigenvalue weighted by atomic mass is 9.94. The first-order valence-electron chi connectivity index (χ1n) is 5.31. The summed E-state index contributed by atoms with van der Waals surface area (Å²) in [7, 11) is 1.73. The summed E-state index contributed by atoms with van der Waals surface area (Å²) in [5, 5.41) is 8.85. The van der Waals surface area contributed by atoms with Crippen LogP contribution in [0.15, 0.2) is 0 Å². The first-order chi connectivity index (χ1) is 7.32. The Labute approximate surface area is 101 Å². The van der Waals surface area contributed by atoms with Gasteiger partial charge in [0.1, 0.15) is 0 Å².